The number of Topliss-reactive ketones (excluding diaryl/α,β-unsaturated/α-hetero) is 1. The van der Waals surface area contributed by atoms with Crippen LogP contribution in [-0.2, 0) is 10.0 Å². The Kier molecular flexibility index (Phi) is 5.52. The van der Waals surface area contributed by atoms with Gasteiger partial charge >= 0.3 is 0 Å². The van der Waals surface area contributed by atoms with Crippen LogP contribution in [0.5, 0.6) is 0 Å². The number of hydrogen-bond donors (Lipinski definition) is 1. The maximum absolute atomic E-state index is 13.0. The third-order valence-corrected chi connectivity index (χ3v) is 7.61. The molecule has 30 heavy (non-hydrogen) atoms. The molecular formula is C21H20BrN3O4S. The van der Waals surface area contributed by atoms with Crippen molar-refractivity contribution in [3.8, 4) is 0 Å². The molecule has 0 atom stereocenters. The number of aromatic nitrogens is 1. The van der Waals surface area contributed by atoms with Crippen molar-refractivity contribution in [2.75, 3.05) is 26.2 Å². The summed E-state index contributed by atoms with van der Waals surface area (Å²) in [6.07, 6.45) is 0. The number of fused-ring (bicyclic) bond motifs is 1. The summed E-state index contributed by atoms with van der Waals surface area (Å²) in [5.41, 5.74) is 1.70. The van der Waals surface area contributed by atoms with Crippen molar-refractivity contribution < 1.29 is 18.0 Å². The summed E-state index contributed by atoms with van der Waals surface area (Å²) in [6, 6.07) is 13.6. The van der Waals surface area contributed by atoms with Crippen LogP contribution in [0.1, 0.15) is 27.8 Å². The van der Waals surface area contributed by atoms with E-state index in [2.05, 4.69) is 20.9 Å². The van der Waals surface area contributed by atoms with Crippen LogP contribution in [0, 0.1) is 0 Å². The minimum atomic E-state index is -3.73. The van der Waals surface area contributed by atoms with Crippen LogP contribution < -0.4 is 0 Å². The first-order chi connectivity index (χ1) is 14.3. The summed E-state index contributed by atoms with van der Waals surface area (Å²) < 4.78 is 28.2. The molecule has 1 amide bonds. The SMILES string of the molecule is CC(=O)c1cccc(S(=O)(=O)N2CCN(C(=O)c3cc4ccc(Br)cc4[nH]3)CC2)c1. The van der Waals surface area contributed by atoms with Gasteiger partial charge in [-0.25, -0.2) is 8.42 Å². The minimum absolute atomic E-state index is 0.0937. The molecule has 1 fully saturated rings. The number of benzene rings is 2. The Labute approximate surface area is 182 Å². The molecule has 7 nitrogen and oxygen atoms in total. The molecule has 2 heterocycles. The van der Waals surface area contributed by atoms with Gasteiger partial charge in [0, 0.05) is 47.1 Å². The summed E-state index contributed by atoms with van der Waals surface area (Å²) in [7, 11) is -3.73. The van der Waals surface area contributed by atoms with Gasteiger partial charge in [0.1, 0.15) is 5.69 Å². The number of nitrogens with one attached hydrogen (secondary N) is 1. The second-order valence-corrected chi connectivity index (χ2v) is 10.0. The number of sulfonamides is 1. The summed E-state index contributed by atoms with van der Waals surface area (Å²) >= 11 is 3.42. The van der Waals surface area contributed by atoms with Crippen LogP contribution in [0.3, 0.4) is 0 Å². The molecule has 0 aliphatic carbocycles. The van der Waals surface area contributed by atoms with Crippen molar-refractivity contribution in [3.05, 3.63) is 64.3 Å². The van der Waals surface area contributed by atoms with Gasteiger partial charge in [-0.1, -0.05) is 34.1 Å². The van der Waals surface area contributed by atoms with Crippen molar-refractivity contribution in [2.45, 2.75) is 11.8 Å². The molecule has 0 saturated carbocycles. The Morgan fingerprint density at radius 1 is 1.00 bits per heavy atom. The van der Waals surface area contributed by atoms with E-state index in [1.54, 1.807) is 23.1 Å². The Hall–Kier alpha value is -2.49. The van der Waals surface area contributed by atoms with E-state index in [4.69, 9.17) is 0 Å². The maximum Gasteiger partial charge on any atom is 0.270 e. The molecule has 1 N–H and O–H groups in total. The maximum atomic E-state index is 13.0. The van der Waals surface area contributed by atoms with E-state index in [0.29, 0.717) is 24.3 Å². The van der Waals surface area contributed by atoms with Crippen LogP contribution in [0.25, 0.3) is 10.9 Å². The molecule has 3 aromatic rings. The average Bonchev–Trinajstić information content (AvgIpc) is 3.16. The van der Waals surface area contributed by atoms with E-state index in [0.717, 1.165) is 15.4 Å². The highest BCUT2D eigenvalue weighted by Gasteiger charge is 2.31. The number of hydrogen-bond acceptors (Lipinski definition) is 4. The van der Waals surface area contributed by atoms with Gasteiger partial charge in [0.25, 0.3) is 5.91 Å². The number of carbonyl (C=O) groups is 2. The van der Waals surface area contributed by atoms with Gasteiger partial charge in [0.2, 0.25) is 10.0 Å². The number of amides is 1. The summed E-state index contributed by atoms with van der Waals surface area (Å²) in [6.45, 7) is 2.39. The molecule has 1 aromatic heterocycles. The molecule has 9 heteroatoms. The van der Waals surface area contributed by atoms with Crippen LogP contribution in [-0.4, -0.2) is 60.5 Å². The molecule has 1 aliphatic rings. The zero-order chi connectivity index (χ0) is 21.5. The fourth-order valence-electron chi connectivity index (χ4n) is 3.54. The van der Waals surface area contributed by atoms with E-state index in [1.807, 2.05) is 18.2 Å². The standard InChI is InChI=1S/C21H20BrN3O4S/c1-14(26)15-3-2-4-18(11-15)30(28,29)25-9-7-24(8-10-25)21(27)20-12-16-5-6-17(22)13-19(16)23-20/h2-6,11-13,23H,7-10H2,1H3. The van der Waals surface area contributed by atoms with Crippen molar-refractivity contribution in [3.63, 3.8) is 0 Å². The van der Waals surface area contributed by atoms with Crippen LogP contribution >= 0.6 is 15.9 Å². The molecule has 0 unspecified atom stereocenters. The van der Waals surface area contributed by atoms with Crippen LogP contribution in [0.15, 0.2) is 57.9 Å². The smallest absolute Gasteiger partial charge is 0.270 e. The van der Waals surface area contributed by atoms with Gasteiger partial charge in [0.15, 0.2) is 5.78 Å². The third-order valence-electron chi connectivity index (χ3n) is 5.22. The Morgan fingerprint density at radius 3 is 2.43 bits per heavy atom. The molecule has 1 saturated heterocycles. The zero-order valence-electron chi connectivity index (χ0n) is 16.3. The Balaban J connectivity index is 1.48. The van der Waals surface area contributed by atoms with Gasteiger partial charge in [-0.05, 0) is 37.3 Å². The topological polar surface area (TPSA) is 90.6 Å². The Bertz CT molecular complexity index is 1240. The summed E-state index contributed by atoms with van der Waals surface area (Å²) in [5, 5.41) is 0.938. The second kappa shape index (κ2) is 7.98. The number of H-pyrrole nitrogens is 1. The number of aromatic amines is 1. The second-order valence-electron chi connectivity index (χ2n) is 7.19. The fraction of sp³-hybridized carbons (Fsp3) is 0.238. The number of rotatable bonds is 4. The molecule has 0 radical (unpaired) electrons. The molecular weight excluding hydrogens is 470 g/mol. The average molecular weight is 490 g/mol. The lowest BCUT2D eigenvalue weighted by Gasteiger charge is -2.33. The van der Waals surface area contributed by atoms with Gasteiger partial charge < -0.3 is 9.88 Å². The van der Waals surface area contributed by atoms with Gasteiger partial charge in [-0.3, -0.25) is 9.59 Å². The highest BCUT2D eigenvalue weighted by atomic mass is 79.9. The number of carbonyl (C=O) groups excluding carboxylic acids is 2. The van der Waals surface area contributed by atoms with Crippen molar-refractivity contribution in [1.82, 2.24) is 14.2 Å². The van der Waals surface area contributed by atoms with Crippen LogP contribution in [0.4, 0.5) is 0 Å². The third kappa shape index (κ3) is 3.92. The predicted molar refractivity (Wildman–Crippen MR) is 117 cm³/mol. The summed E-state index contributed by atoms with van der Waals surface area (Å²) in [5.74, 6) is -0.342. The molecule has 4 rings (SSSR count). The number of halogens is 1. The number of piperazine rings is 1. The molecule has 0 spiro atoms. The first-order valence-corrected chi connectivity index (χ1v) is 11.7. The lowest BCUT2D eigenvalue weighted by molar-refractivity contribution is 0.0692. The van der Waals surface area contributed by atoms with Crippen LogP contribution in [0.2, 0.25) is 0 Å². The predicted octanol–water partition coefficient (Wildman–Crippen LogP) is 3.28. The van der Waals surface area contributed by atoms with E-state index < -0.39 is 10.0 Å². The fourth-order valence-corrected chi connectivity index (χ4v) is 5.37. The van der Waals surface area contributed by atoms with E-state index in [9.17, 15) is 18.0 Å². The largest absolute Gasteiger partial charge is 0.350 e. The zero-order valence-corrected chi connectivity index (χ0v) is 18.7. The first kappa shape index (κ1) is 20.8. The molecule has 0 bridgehead atoms. The van der Waals surface area contributed by atoms with E-state index in [-0.39, 0.29) is 29.7 Å². The lowest BCUT2D eigenvalue weighted by atomic mass is 10.2. The lowest BCUT2D eigenvalue weighted by Crippen LogP contribution is -2.50. The highest BCUT2D eigenvalue weighted by molar-refractivity contribution is 9.10. The van der Waals surface area contributed by atoms with Gasteiger partial charge in [-0.2, -0.15) is 4.31 Å². The van der Waals surface area contributed by atoms with Gasteiger partial charge in [-0.15, -0.1) is 0 Å². The number of ketones is 1. The Morgan fingerprint density at radius 2 is 1.73 bits per heavy atom. The summed E-state index contributed by atoms with van der Waals surface area (Å²) in [4.78, 5) is 29.3. The minimum Gasteiger partial charge on any atom is -0.350 e. The van der Waals surface area contributed by atoms with Crippen molar-refractivity contribution in [1.29, 1.82) is 0 Å². The van der Waals surface area contributed by atoms with E-state index >= 15 is 0 Å². The molecule has 1 aliphatic heterocycles. The highest BCUT2D eigenvalue weighted by Crippen LogP contribution is 2.23. The molecule has 2 aromatic carbocycles. The first-order valence-electron chi connectivity index (χ1n) is 9.44. The molecule has 156 valence electrons. The van der Waals surface area contributed by atoms with Crippen molar-refractivity contribution >= 4 is 48.5 Å². The monoisotopic (exact) mass is 489 g/mol. The number of nitrogens with zero attached hydrogens (tertiary/aromatic N) is 2. The van der Waals surface area contributed by atoms with Crippen molar-refractivity contribution in [2.24, 2.45) is 0 Å². The normalized spacial score (nSPS) is 15.5. The van der Waals surface area contributed by atoms with Gasteiger partial charge in [0.05, 0.1) is 4.90 Å². The quantitative estimate of drug-likeness (QED) is 0.569. The van der Waals surface area contributed by atoms with E-state index in [1.165, 1.54) is 23.4 Å².